The number of halogens is 10. The van der Waals surface area contributed by atoms with E-state index in [-0.39, 0.29) is 94.4 Å². The third-order valence-corrected chi connectivity index (χ3v) is 21.7. The number of carbonyl (C=O) groups excluding carboxylic acids is 7. The molecule has 8 aromatic carbocycles. The van der Waals surface area contributed by atoms with Crippen molar-refractivity contribution in [1.82, 2.24) is 37.2 Å². The molecule has 0 aromatic heterocycles. The SMILES string of the molecule is C#CCC(Cl)(Cl)C1NC(=O)/C(=C/c2ccc(C)cc2)O1.CC(Cl)(Cl)C1NC(=O)/C(=C/c2ccccc2)O1.Cc1ccc(/C=C2\OC(C(C)(C)C)NC2=O)cc1.Cc1ccc(/C=C2\OC(C(C)(Cl)Cl)NC2=O)cc1.Cc1ccc(/C=C2\OC(C(C)(Cl)Cl)NC2=O)cc1.Cc1ccc(/C=C2\OC(C(Cl)(Cl)Cc3ccccc3)NC2=O)cc1.Cc1ccc(/C=C2\OC(C)NC2=O)cc1. The quantitative estimate of drug-likeness (QED) is 0.0286. The number of benzene rings is 8. The van der Waals surface area contributed by atoms with Gasteiger partial charge in [0.2, 0.25) is 31.1 Å². The number of hydrogen-bond donors (Lipinski definition) is 7. The van der Waals surface area contributed by atoms with Crippen LogP contribution in [-0.4, -0.2) is 107 Å². The highest BCUT2D eigenvalue weighted by Gasteiger charge is 2.47. The predicted molar refractivity (Wildman–Crippen MR) is 518 cm³/mol. The van der Waals surface area contributed by atoms with Crippen LogP contribution in [0.5, 0.6) is 0 Å². The number of terminal acetylenes is 1. The summed E-state index contributed by atoms with van der Waals surface area (Å²) in [5.74, 6) is 2.24. The van der Waals surface area contributed by atoms with Crippen molar-refractivity contribution < 1.29 is 66.7 Å². The summed E-state index contributed by atoms with van der Waals surface area (Å²) in [6.07, 6.45) is 13.1. The lowest BCUT2D eigenvalue weighted by Gasteiger charge is -2.25. The molecule has 7 aliphatic heterocycles. The molecule has 0 saturated carbocycles. The van der Waals surface area contributed by atoms with Crippen LogP contribution in [0.1, 0.15) is 133 Å². The van der Waals surface area contributed by atoms with Gasteiger partial charge in [-0.1, -0.05) is 376 Å². The van der Waals surface area contributed by atoms with Gasteiger partial charge >= 0.3 is 0 Å². The summed E-state index contributed by atoms with van der Waals surface area (Å²) in [7, 11) is 0. The molecule has 7 aliphatic rings. The maximum Gasteiger partial charge on any atom is 0.289 e. The van der Waals surface area contributed by atoms with Crippen LogP contribution in [-0.2, 0) is 73.1 Å². The van der Waals surface area contributed by atoms with Crippen molar-refractivity contribution in [3.63, 3.8) is 0 Å². The number of aryl methyl sites for hydroxylation is 6. The lowest BCUT2D eigenvalue weighted by molar-refractivity contribution is -0.117. The fraction of sp³-hybridized carbons (Fsp3) is 0.283. The number of carbonyl (C=O) groups is 7. The molecule has 7 N–H and O–H groups in total. The second-order valence-corrected chi connectivity index (χ2v) is 40.7. The Kier molecular flexibility index (Phi) is 36.4. The molecule has 0 radical (unpaired) electrons. The highest BCUT2D eigenvalue weighted by molar-refractivity contribution is 6.51. The van der Waals surface area contributed by atoms with Crippen LogP contribution in [0, 0.1) is 59.3 Å². The van der Waals surface area contributed by atoms with Crippen LogP contribution in [0.25, 0.3) is 42.5 Å². The number of ether oxygens (including phenoxy) is 7. The van der Waals surface area contributed by atoms with E-state index in [9.17, 15) is 33.6 Å². The van der Waals surface area contributed by atoms with E-state index < -0.39 is 52.8 Å². The Labute approximate surface area is 807 Å². The van der Waals surface area contributed by atoms with Gasteiger partial charge < -0.3 is 70.4 Å². The number of amides is 7. The van der Waals surface area contributed by atoms with Crippen molar-refractivity contribution in [2.75, 3.05) is 0 Å². The largest absolute Gasteiger partial charge is 0.465 e. The van der Waals surface area contributed by atoms with Crippen molar-refractivity contribution in [1.29, 1.82) is 0 Å². The van der Waals surface area contributed by atoms with Crippen LogP contribution in [0.2, 0.25) is 0 Å². The standard InChI is InChI=1S/C19H17Cl2NO2.C15H13Cl2NO2.C15H19NO2.2C13H13Cl2NO2.C12H11Cl2NO2.C12H13NO2/c1-13-7-9-14(10-8-13)11-16-17(23)22-18(24-16)19(20,21)12-15-5-3-2-4-6-15;1-3-8-15(16,17)14-18-13(19)12(20-14)9-11-6-4-10(2)5-7-11;1-10-5-7-11(8-6-10)9-12-13(17)16-14(18-12)15(2,3)4;2*1-8-3-5-9(6-4-8)7-10-11(17)16-12(18-10)13(2,14)15;1-12(13,14)11-15-10(16)9(17-11)7-8-5-3-2-4-6-8;1-8-3-5-10(6-4-8)7-11-12(14)13-9(2)15-11/h2-11,18H,12H2,1H3,(H,22,23);1,4-7,9,14H,8H2,2H3,(H,18,19);5-9,14H,1-4H3,(H,16,17);2*3-7,12H,1-2H3,(H,16,17);2-7,11H,1H3,(H,15,16);3-7,9H,1-2H3,(H,13,14)/b16-11-;2*12-9-;2*10-7-;9-7-;11-7-. The first-order valence-corrected chi connectivity index (χ1v) is 44.5. The topological polar surface area (TPSA) is 268 Å². The highest BCUT2D eigenvalue weighted by atomic mass is 35.5. The fourth-order valence-electron chi connectivity index (χ4n) is 11.9. The summed E-state index contributed by atoms with van der Waals surface area (Å²) in [6.45, 7) is 24.6. The van der Waals surface area contributed by atoms with Crippen molar-refractivity contribution in [2.24, 2.45) is 5.41 Å². The van der Waals surface area contributed by atoms with E-state index in [0.29, 0.717) is 17.9 Å². The first-order chi connectivity index (χ1) is 61.0. The maximum atomic E-state index is 12.1. The molecule has 15 rings (SSSR count). The van der Waals surface area contributed by atoms with Crippen molar-refractivity contribution in [2.45, 2.75) is 168 Å². The highest BCUT2D eigenvalue weighted by Crippen LogP contribution is 2.39. The van der Waals surface area contributed by atoms with Gasteiger partial charge in [0, 0.05) is 18.3 Å². The Morgan fingerprint density at radius 3 is 0.715 bits per heavy atom. The van der Waals surface area contributed by atoms with Gasteiger partial charge in [-0.05, 0) is 156 Å². The molecule has 0 aliphatic carbocycles. The molecular formula is C99H99Cl10N7O14. The summed E-state index contributed by atoms with van der Waals surface area (Å²) in [5, 5.41) is 18.5. The van der Waals surface area contributed by atoms with Crippen LogP contribution < -0.4 is 37.2 Å². The number of nitrogens with one attached hydrogen (secondary N) is 7. The number of alkyl halides is 10. The second kappa shape index (κ2) is 45.9. The van der Waals surface area contributed by atoms with Crippen molar-refractivity contribution in [3.05, 3.63) is 324 Å². The van der Waals surface area contributed by atoms with Gasteiger partial charge in [-0.15, -0.1) is 12.3 Å². The van der Waals surface area contributed by atoms with Crippen molar-refractivity contribution in [3.8, 4) is 12.3 Å². The summed E-state index contributed by atoms with van der Waals surface area (Å²) in [6, 6.07) is 65.9. The normalized spacial score (nSPS) is 21.3. The third kappa shape index (κ3) is 32.1. The van der Waals surface area contributed by atoms with Crippen LogP contribution >= 0.6 is 116 Å². The molecule has 7 fully saturated rings. The van der Waals surface area contributed by atoms with Gasteiger partial charge in [-0.25, -0.2) is 0 Å². The Bertz CT molecular complexity index is 5360. The van der Waals surface area contributed by atoms with Gasteiger partial charge in [0.05, 0.1) is 0 Å². The molecule has 8 aromatic rings. The van der Waals surface area contributed by atoms with Crippen LogP contribution in [0.3, 0.4) is 0 Å². The lowest BCUT2D eigenvalue weighted by atomic mass is 9.94. The molecule has 0 bridgehead atoms. The molecule has 130 heavy (non-hydrogen) atoms. The molecule has 7 saturated heterocycles. The minimum absolute atomic E-state index is 0.0683. The molecule has 31 heteroatoms. The van der Waals surface area contributed by atoms with Gasteiger partial charge in [-0.3, -0.25) is 33.6 Å². The van der Waals surface area contributed by atoms with Crippen molar-refractivity contribution >= 4 is 200 Å². The van der Waals surface area contributed by atoms with Crippen LogP contribution in [0.15, 0.2) is 247 Å². The van der Waals surface area contributed by atoms with Crippen LogP contribution in [0.4, 0.5) is 0 Å². The molecule has 7 atom stereocenters. The molecular weight excluding hydrogens is 1870 g/mol. The molecule has 7 unspecified atom stereocenters. The van der Waals surface area contributed by atoms with E-state index in [1.165, 1.54) is 11.1 Å². The monoisotopic (exact) mass is 1960 g/mol. The number of hydrogen-bond acceptors (Lipinski definition) is 14. The molecule has 7 amide bonds. The van der Waals surface area contributed by atoms with E-state index in [1.807, 2.05) is 269 Å². The smallest absolute Gasteiger partial charge is 0.289 e. The summed E-state index contributed by atoms with van der Waals surface area (Å²) in [5.41, 5.74) is 14.2. The third-order valence-electron chi connectivity index (χ3n) is 19.1. The van der Waals surface area contributed by atoms with Gasteiger partial charge in [-0.2, -0.15) is 0 Å². The van der Waals surface area contributed by atoms with E-state index in [1.54, 1.807) is 70.2 Å². The molecule has 21 nitrogen and oxygen atoms in total. The Balaban J connectivity index is 0.000000172. The Morgan fingerprint density at radius 2 is 0.492 bits per heavy atom. The fourth-order valence-corrected chi connectivity index (χ4v) is 13.3. The Morgan fingerprint density at radius 1 is 0.285 bits per heavy atom. The Hall–Kier alpha value is -10.7. The molecule has 7 heterocycles. The lowest BCUT2D eigenvalue weighted by Crippen LogP contribution is -2.42. The first kappa shape index (κ1) is 103. The summed E-state index contributed by atoms with van der Waals surface area (Å²) < 4.78 is 32.2. The number of rotatable bonds is 15. The zero-order valence-electron chi connectivity index (χ0n) is 73.2. The average Bonchev–Trinajstić information content (AvgIpc) is 1.67. The summed E-state index contributed by atoms with van der Waals surface area (Å²) in [4.78, 5) is 82.1. The predicted octanol–water partition coefficient (Wildman–Crippen LogP) is 20.6. The van der Waals surface area contributed by atoms with E-state index >= 15 is 0 Å². The zero-order valence-corrected chi connectivity index (χ0v) is 80.8. The van der Waals surface area contributed by atoms with Gasteiger partial charge in [0.15, 0.2) is 74.4 Å². The van der Waals surface area contributed by atoms with Gasteiger partial charge in [0.1, 0.15) is 0 Å². The van der Waals surface area contributed by atoms with Gasteiger partial charge in [0.25, 0.3) is 41.4 Å². The second-order valence-electron chi connectivity index (χ2n) is 32.3. The maximum absolute atomic E-state index is 12.1. The first-order valence-electron chi connectivity index (χ1n) is 40.7. The minimum atomic E-state index is -1.35. The molecule has 684 valence electrons. The van der Waals surface area contributed by atoms with E-state index in [0.717, 1.165) is 66.8 Å². The van der Waals surface area contributed by atoms with E-state index in [2.05, 4.69) is 43.1 Å². The zero-order chi connectivity index (χ0) is 95.2. The summed E-state index contributed by atoms with van der Waals surface area (Å²) >= 11 is 60.3. The average molecular weight is 1970 g/mol. The molecule has 0 spiro atoms. The van der Waals surface area contributed by atoms with E-state index in [4.69, 9.17) is 156 Å². The minimum Gasteiger partial charge on any atom is -0.465 e.